The quantitative estimate of drug-likeness (QED) is 0.774. The molecule has 1 aromatic heterocycles. The highest BCUT2D eigenvalue weighted by atomic mass is 35.5. The average molecular weight is 437 g/mol. The molecule has 2 fully saturated rings. The molecule has 4 rings (SSSR count). The van der Waals surface area contributed by atoms with Gasteiger partial charge in [-0.25, -0.2) is 4.68 Å². The lowest BCUT2D eigenvalue weighted by Crippen LogP contribution is -2.41. The SMILES string of the molecule is Cl.NCC1(c2cccc(Cl)c2)CCC(n2nc(N3CCCCC3)ccc2=O)CC1. The number of hydrogen-bond acceptors (Lipinski definition) is 4. The van der Waals surface area contributed by atoms with Crippen LogP contribution >= 0.6 is 24.0 Å². The smallest absolute Gasteiger partial charge is 0.267 e. The summed E-state index contributed by atoms with van der Waals surface area (Å²) in [6, 6.07) is 11.8. The number of anilines is 1. The van der Waals surface area contributed by atoms with E-state index in [9.17, 15) is 4.79 Å². The predicted octanol–water partition coefficient (Wildman–Crippen LogP) is 4.32. The van der Waals surface area contributed by atoms with Crippen LogP contribution in [0.4, 0.5) is 5.82 Å². The molecule has 0 radical (unpaired) electrons. The fourth-order valence-electron chi connectivity index (χ4n) is 4.80. The highest BCUT2D eigenvalue weighted by molar-refractivity contribution is 6.30. The summed E-state index contributed by atoms with van der Waals surface area (Å²) in [7, 11) is 0. The third-order valence-corrected chi connectivity index (χ3v) is 6.81. The Balaban J connectivity index is 0.00000240. The van der Waals surface area contributed by atoms with E-state index in [-0.39, 0.29) is 29.4 Å². The number of aromatic nitrogens is 2. The van der Waals surface area contributed by atoms with Crippen LogP contribution in [0.1, 0.15) is 56.6 Å². The Hall–Kier alpha value is -1.56. The van der Waals surface area contributed by atoms with Crippen LogP contribution in [-0.4, -0.2) is 29.4 Å². The Bertz CT molecular complexity index is 871. The number of piperidine rings is 1. The lowest BCUT2D eigenvalue weighted by molar-refractivity contribution is 0.222. The normalized spacial score (nSPS) is 24.8. The zero-order valence-electron chi connectivity index (χ0n) is 16.7. The van der Waals surface area contributed by atoms with Gasteiger partial charge in [-0.15, -0.1) is 12.4 Å². The molecule has 0 atom stereocenters. The summed E-state index contributed by atoms with van der Waals surface area (Å²) in [5.74, 6) is 0.935. The second kappa shape index (κ2) is 9.50. The number of rotatable bonds is 4. The Morgan fingerprint density at radius 1 is 1.10 bits per heavy atom. The maximum Gasteiger partial charge on any atom is 0.267 e. The number of benzene rings is 1. The summed E-state index contributed by atoms with van der Waals surface area (Å²) in [6.07, 6.45) is 7.36. The molecule has 1 aliphatic heterocycles. The zero-order chi connectivity index (χ0) is 19.6. The van der Waals surface area contributed by atoms with E-state index in [0.29, 0.717) is 6.54 Å². The molecule has 2 heterocycles. The molecule has 1 aromatic carbocycles. The molecule has 7 heteroatoms. The van der Waals surface area contributed by atoms with Gasteiger partial charge < -0.3 is 10.6 Å². The predicted molar refractivity (Wildman–Crippen MR) is 121 cm³/mol. The lowest BCUT2D eigenvalue weighted by atomic mass is 9.68. The first-order valence-electron chi connectivity index (χ1n) is 10.4. The number of hydrogen-bond donors (Lipinski definition) is 1. The summed E-state index contributed by atoms with van der Waals surface area (Å²) in [5, 5.41) is 5.51. The van der Waals surface area contributed by atoms with Gasteiger partial charge in [-0.3, -0.25) is 4.79 Å². The molecule has 0 spiro atoms. The first-order valence-corrected chi connectivity index (χ1v) is 10.8. The van der Waals surface area contributed by atoms with Crippen molar-refractivity contribution in [1.29, 1.82) is 0 Å². The zero-order valence-corrected chi connectivity index (χ0v) is 18.3. The average Bonchev–Trinajstić information content (AvgIpc) is 2.75. The van der Waals surface area contributed by atoms with Crippen LogP contribution in [0.3, 0.4) is 0 Å². The Labute approximate surface area is 183 Å². The number of nitrogens with zero attached hydrogens (tertiary/aromatic N) is 3. The minimum absolute atomic E-state index is 0. The van der Waals surface area contributed by atoms with E-state index in [1.165, 1.54) is 24.8 Å². The van der Waals surface area contributed by atoms with E-state index in [0.717, 1.165) is 49.6 Å². The lowest BCUT2D eigenvalue weighted by Gasteiger charge is -2.40. The number of halogens is 2. The van der Waals surface area contributed by atoms with Crippen LogP contribution in [0.15, 0.2) is 41.2 Å². The van der Waals surface area contributed by atoms with Crippen LogP contribution in [0.25, 0.3) is 0 Å². The molecule has 0 unspecified atom stereocenters. The van der Waals surface area contributed by atoms with Crippen molar-refractivity contribution in [2.24, 2.45) is 5.73 Å². The maximum absolute atomic E-state index is 12.5. The maximum atomic E-state index is 12.5. The van der Waals surface area contributed by atoms with Crippen molar-refractivity contribution in [3.63, 3.8) is 0 Å². The van der Waals surface area contributed by atoms with Crippen LogP contribution in [0.5, 0.6) is 0 Å². The third-order valence-electron chi connectivity index (χ3n) is 6.58. The third kappa shape index (κ3) is 4.62. The van der Waals surface area contributed by atoms with Crippen molar-refractivity contribution in [1.82, 2.24) is 9.78 Å². The Morgan fingerprint density at radius 3 is 2.48 bits per heavy atom. The van der Waals surface area contributed by atoms with Crippen molar-refractivity contribution < 1.29 is 0 Å². The van der Waals surface area contributed by atoms with E-state index in [2.05, 4.69) is 11.0 Å². The molecular formula is C22H30Cl2N4O. The molecule has 1 saturated heterocycles. The van der Waals surface area contributed by atoms with Crippen LogP contribution in [0.2, 0.25) is 5.02 Å². The van der Waals surface area contributed by atoms with Gasteiger partial charge in [-0.2, -0.15) is 5.10 Å². The van der Waals surface area contributed by atoms with Gasteiger partial charge in [-0.05, 0) is 68.7 Å². The van der Waals surface area contributed by atoms with Crippen molar-refractivity contribution in [3.8, 4) is 0 Å². The van der Waals surface area contributed by atoms with E-state index >= 15 is 0 Å². The van der Waals surface area contributed by atoms with E-state index in [1.807, 2.05) is 24.3 Å². The molecule has 1 aliphatic carbocycles. The molecule has 1 saturated carbocycles. The molecule has 29 heavy (non-hydrogen) atoms. The Morgan fingerprint density at radius 2 is 1.83 bits per heavy atom. The first-order chi connectivity index (χ1) is 13.6. The highest BCUT2D eigenvalue weighted by Crippen LogP contribution is 2.42. The van der Waals surface area contributed by atoms with Crippen molar-refractivity contribution >= 4 is 29.8 Å². The van der Waals surface area contributed by atoms with Crippen LogP contribution < -0.4 is 16.2 Å². The fraction of sp³-hybridized carbons (Fsp3) is 0.545. The van der Waals surface area contributed by atoms with Gasteiger partial charge in [0.05, 0.1) is 6.04 Å². The van der Waals surface area contributed by atoms with E-state index < -0.39 is 0 Å². The summed E-state index contributed by atoms with van der Waals surface area (Å²) < 4.78 is 1.72. The van der Waals surface area contributed by atoms with Crippen molar-refractivity contribution in [2.75, 3.05) is 24.5 Å². The second-order valence-electron chi connectivity index (χ2n) is 8.25. The van der Waals surface area contributed by atoms with Gasteiger partial charge in [0.1, 0.15) is 5.82 Å². The summed E-state index contributed by atoms with van der Waals surface area (Å²) in [4.78, 5) is 14.8. The molecule has 2 aliphatic rings. The Kier molecular flexibility index (Phi) is 7.25. The van der Waals surface area contributed by atoms with E-state index in [4.69, 9.17) is 22.4 Å². The minimum atomic E-state index is -0.0600. The van der Waals surface area contributed by atoms with Gasteiger partial charge in [0.25, 0.3) is 5.56 Å². The van der Waals surface area contributed by atoms with Crippen LogP contribution in [-0.2, 0) is 5.41 Å². The molecule has 0 amide bonds. The van der Waals surface area contributed by atoms with Gasteiger partial charge in [0.2, 0.25) is 0 Å². The van der Waals surface area contributed by atoms with Crippen molar-refractivity contribution in [3.05, 3.63) is 57.3 Å². The first kappa shape index (κ1) is 22.1. The number of nitrogens with two attached hydrogens (primary N) is 1. The monoisotopic (exact) mass is 436 g/mol. The molecule has 2 N–H and O–H groups in total. The largest absolute Gasteiger partial charge is 0.355 e. The van der Waals surface area contributed by atoms with Crippen molar-refractivity contribution in [2.45, 2.75) is 56.4 Å². The molecule has 5 nitrogen and oxygen atoms in total. The summed E-state index contributed by atoms with van der Waals surface area (Å²) in [5.41, 5.74) is 7.37. The standard InChI is InChI=1S/C22H29ClN4O.ClH/c23-18-6-4-5-17(15-18)22(16-24)11-9-19(10-12-22)27-21(28)8-7-20(25-27)26-13-2-1-3-14-26;/h4-8,15,19H,1-3,9-14,16,24H2;1H. The van der Waals surface area contributed by atoms with Gasteiger partial charge in [0.15, 0.2) is 0 Å². The highest BCUT2D eigenvalue weighted by Gasteiger charge is 2.37. The van der Waals surface area contributed by atoms with E-state index in [1.54, 1.807) is 10.7 Å². The summed E-state index contributed by atoms with van der Waals surface area (Å²) in [6.45, 7) is 2.65. The second-order valence-corrected chi connectivity index (χ2v) is 8.68. The van der Waals surface area contributed by atoms with Gasteiger partial charge in [-0.1, -0.05) is 23.7 Å². The molecular weight excluding hydrogens is 407 g/mol. The summed E-state index contributed by atoms with van der Waals surface area (Å²) >= 11 is 6.22. The van der Waals surface area contributed by atoms with Crippen LogP contribution in [0, 0.1) is 0 Å². The molecule has 0 bridgehead atoms. The minimum Gasteiger partial charge on any atom is -0.355 e. The van der Waals surface area contributed by atoms with Gasteiger partial charge in [0, 0.05) is 36.1 Å². The van der Waals surface area contributed by atoms with Gasteiger partial charge >= 0.3 is 0 Å². The topological polar surface area (TPSA) is 64.2 Å². The molecule has 158 valence electrons. The fourth-order valence-corrected chi connectivity index (χ4v) is 4.99. The molecule has 2 aromatic rings.